The van der Waals surface area contributed by atoms with E-state index in [4.69, 9.17) is 4.74 Å². The number of nitrogens with one attached hydrogen (secondary N) is 2. The first kappa shape index (κ1) is 25.0. The number of aliphatic hydroxyl groups excluding tert-OH is 1. The normalized spacial score (nSPS) is 20.5. The van der Waals surface area contributed by atoms with Crippen LogP contribution in [0.3, 0.4) is 0 Å². The highest BCUT2D eigenvalue weighted by atomic mass is 16.6. The summed E-state index contributed by atoms with van der Waals surface area (Å²) in [6.07, 6.45) is 5.97. The van der Waals surface area contributed by atoms with Gasteiger partial charge in [0.2, 0.25) is 0 Å². The maximum Gasteiger partial charge on any atom is 0.338 e. The van der Waals surface area contributed by atoms with Gasteiger partial charge in [0.1, 0.15) is 23.0 Å². The average Bonchev–Trinajstić information content (AvgIpc) is 3.55. The Balaban J connectivity index is 1.41. The number of hydrogen-bond donors (Lipinski definition) is 3. The molecule has 0 amide bonds. The van der Waals surface area contributed by atoms with Crippen LogP contribution in [0.4, 0.5) is 11.6 Å². The minimum Gasteiger partial charge on any atom is -0.512 e. The third kappa shape index (κ3) is 4.97. The summed E-state index contributed by atoms with van der Waals surface area (Å²) < 4.78 is 7.94. The molecular formula is C27H35N7O3. The number of aromatic nitrogens is 5. The highest BCUT2D eigenvalue weighted by Gasteiger charge is 2.48. The van der Waals surface area contributed by atoms with Gasteiger partial charge in [-0.2, -0.15) is 4.98 Å². The molecule has 1 aliphatic carbocycles. The Morgan fingerprint density at radius 3 is 2.43 bits per heavy atom. The van der Waals surface area contributed by atoms with Crippen molar-refractivity contribution >= 4 is 23.4 Å². The van der Waals surface area contributed by atoms with Crippen LogP contribution in [0.5, 0.6) is 0 Å². The number of pyridine rings is 1. The Hall–Kier alpha value is -3.69. The van der Waals surface area contributed by atoms with E-state index in [0.717, 1.165) is 54.3 Å². The molecule has 5 rings (SSSR count). The van der Waals surface area contributed by atoms with Crippen LogP contribution in [0.1, 0.15) is 61.3 Å². The topological polar surface area (TPSA) is 127 Å². The van der Waals surface area contributed by atoms with Gasteiger partial charge in [0.05, 0.1) is 5.57 Å². The van der Waals surface area contributed by atoms with Crippen molar-refractivity contribution in [2.24, 2.45) is 5.92 Å². The van der Waals surface area contributed by atoms with Crippen LogP contribution in [0.25, 0.3) is 5.78 Å². The van der Waals surface area contributed by atoms with Gasteiger partial charge >= 0.3 is 5.97 Å². The smallest absolute Gasteiger partial charge is 0.338 e. The predicted molar refractivity (Wildman–Crippen MR) is 141 cm³/mol. The lowest BCUT2D eigenvalue weighted by Gasteiger charge is -2.41. The number of aliphatic hydroxyl groups is 1. The number of cyclic esters (lactones) is 1. The maximum absolute atomic E-state index is 13.4. The fourth-order valence-electron chi connectivity index (χ4n) is 5.77. The molecular weight excluding hydrogens is 470 g/mol. The number of hydrogen-bond acceptors (Lipinski definition) is 9. The molecule has 0 unspecified atom stereocenters. The van der Waals surface area contributed by atoms with Crippen LogP contribution < -0.4 is 10.6 Å². The van der Waals surface area contributed by atoms with E-state index in [2.05, 4.69) is 30.7 Å². The molecule has 0 saturated heterocycles. The SMILES string of the molecule is CNc1cc(CC[C@]2(C3CCCC3)CC(O)=C(Cc3nc4nc(C)cc(C)n4n3)C(=O)O2)cc(NC)n1. The van der Waals surface area contributed by atoms with Crippen LogP contribution in [0.2, 0.25) is 0 Å². The van der Waals surface area contributed by atoms with Gasteiger partial charge in [0.25, 0.3) is 5.78 Å². The quantitative estimate of drug-likeness (QED) is 0.388. The van der Waals surface area contributed by atoms with E-state index in [9.17, 15) is 9.90 Å². The summed E-state index contributed by atoms with van der Waals surface area (Å²) in [6, 6.07) is 5.96. The van der Waals surface area contributed by atoms with Gasteiger partial charge in [0.15, 0.2) is 5.82 Å². The highest BCUT2D eigenvalue weighted by molar-refractivity contribution is 5.90. The fourth-order valence-corrected chi connectivity index (χ4v) is 5.77. The molecule has 1 atom stereocenters. The number of aryl methyl sites for hydroxylation is 3. The largest absolute Gasteiger partial charge is 0.512 e. The van der Waals surface area contributed by atoms with E-state index in [1.165, 1.54) is 0 Å². The predicted octanol–water partition coefficient (Wildman–Crippen LogP) is 4.08. The molecule has 0 radical (unpaired) electrons. The summed E-state index contributed by atoms with van der Waals surface area (Å²) in [5.41, 5.74) is 2.36. The Bertz CT molecular complexity index is 1340. The number of fused-ring (bicyclic) bond motifs is 1. The van der Waals surface area contributed by atoms with Crippen LogP contribution in [0.15, 0.2) is 29.5 Å². The number of rotatable bonds is 8. The van der Waals surface area contributed by atoms with Crippen LogP contribution >= 0.6 is 0 Å². The lowest BCUT2D eigenvalue weighted by atomic mass is 9.76. The molecule has 1 saturated carbocycles. The minimum atomic E-state index is -0.731. The second-order valence-corrected chi connectivity index (χ2v) is 10.2. The highest BCUT2D eigenvalue weighted by Crippen LogP contribution is 2.46. The van der Waals surface area contributed by atoms with E-state index in [0.29, 0.717) is 30.9 Å². The molecule has 37 heavy (non-hydrogen) atoms. The molecule has 1 fully saturated rings. The first-order chi connectivity index (χ1) is 17.8. The Morgan fingerprint density at radius 1 is 1.08 bits per heavy atom. The number of esters is 1. The van der Waals surface area contributed by atoms with Gasteiger partial charge in [-0.05, 0) is 69.2 Å². The van der Waals surface area contributed by atoms with Crippen molar-refractivity contribution in [3.63, 3.8) is 0 Å². The van der Waals surface area contributed by atoms with Crippen molar-refractivity contribution in [2.75, 3.05) is 24.7 Å². The van der Waals surface area contributed by atoms with Crippen LogP contribution in [-0.2, 0) is 22.4 Å². The number of nitrogens with zero attached hydrogens (tertiary/aromatic N) is 5. The molecule has 196 valence electrons. The van der Waals surface area contributed by atoms with Crippen LogP contribution in [-0.4, -0.2) is 55.3 Å². The number of ether oxygens (including phenoxy) is 1. The van der Waals surface area contributed by atoms with Crippen LogP contribution in [0, 0.1) is 19.8 Å². The van der Waals surface area contributed by atoms with Crippen molar-refractivity contribution in [3.8, 4) is 0 Å². The number of carbonyl (C=O) groups excluding carboxylic acids is 1. The first-order valence-electron chi connectivity index (χ1n) is 13.0. The summed E-state index contributed by atoms with van der Waals surface area (Å²) in [7, 11) is 3.69. The molecule has 4 heterocycles. The fraction of sp³-hybridized carbons (Fsp3) is 0.519. The molecule has 0 aromatic carbocycles. The van der Waals surface area contributed by atoms with Crippen molar-refractivity contribution in [3.05, 3.63) is 52.3 Å². The molecule has 10 heteroatoms. The monoisotopic (exact) mass is 505 g/mol. The number of carbonyl (C=O) groups is 1. The van der Waals surface area contributed by atoms with Gasteiger partial charge in [-0.25, -0.2) is 19.3 Å². The summed E-state index contributed by atoms with van der Waals surface area (Å²) in [4.78, 5) is 26.8. The Labute approximate surface area is 216 Å². The van der Waals surface area contributed by atoms with E-state index in [1.54, 1.807) is 4.52 Å². The third-order valence-corrected chi connectivity index (χ3v) is 7.69. The molecule has 1 aliphatic heterocycles. The lowest BCUT2D eigenvalue weighted by Crippen LogP contribution is -2.46. The average molecular weight is 506 g/mol. The molecule has 3 aromatic rings. The first-order valence-corrected chi connectivity index (χ1v) is 13.0. The maximum atomic E-state index is 13.4. The lowest BCUT2D eigenvalue weighted by molar-refractivity contribution is -0.167. The molecule has 0 spiro atoms. The van der Waals surface area contributed by atoms with E-state index >= 15 is 0 Å². The summed E-state index contributed by atoms with van der Waals surface area (Å²) in [5, 5.41) is 21.9. The van der Waals surface area contributed by atoms with Crippen molar-refractivity contribution in [1.82, 2.24) is 24.6 Å². The van der Waals surface area contributed by atoms with Crippen molar-refractivity contribution in [1.29, 1.82) is 0 Å². The zero-order valence-electron chi connectivity index (χ0n) is 22.0. The van der Waals surface area contributed by atoms with E-state index in [-0.39, 0.29) is 23.7 Å². The third-order valence-electron chi connectivity index (χ3n) is 7.69. The van der Waals surface area contributed by atoms with Gasteiger partial charge in [-0.15, -0.1) is 5.10 Å². The molecule has 3 aromatic heterocycles. The number of anilines is 2. The zero-order chi connectivity index (χ0) is 26.2. The van der Waals surface area contributed by atoms with E-state index in [1.807, 2.05) is 46.1 Å². The Kier molecular flexibility index (Phi) is 6.74. The molecule has 2 aliphatic rings. The Morgan fingerprint density at radius 2 is 1.78 bits per heavy atom. The summed E-state index contributed by atoms with van der Waals surface area (Å²) in [6.45, 7) is 3.84. The summed E-state index contributed by atoms with van der Waals surface area (Å²) in [5.74, 6) is 2.31. The second kappa shape index (κ2) is 9.99. The van der Waals surface area contributed by atoms with Gasteiger partial charge < -0.3 is 20.5 Å². The van der Waals surface area contributed by atoms with Gasteiger partial charge in [-0.3, -0.25) is 0 Å². The van der Waals surface area contributed by atoms with Gasteiger partial charge in [-0.1, -0.05) is 12.8 Å². The summed E-state index contributed by atoms with van der Waals surface area (Å²) >= 11 is 0. The zero-order valence-corrected chi connectivity index (χ0v) is 22.0. The second-order valence-electron chi connectivity index (χ2n) is 10.2. The standard InChI is InChI=1S/C27H35N7O3/c1-16-11-17(2)34-26(30-16)32-24(33-34)14-20-21(35)15-27(37-25(20)36,19-7-5-6-8-19)10-9-18-12-22(28-3)31-23(13-18)29-4/h11-13,19,35H,5-10,14-15H2,1-4H3,(H2,28,29,31)/t27-/m1/s1. The molecule has 0 bridgehead atoms. The van der Waals surface area contributed by atoms with E-state index < -0.39 is 11.6 Å². The van der Waals surface area contributed by atoms with Crippen molar-refractivity contribution < 1.29 is 14.6 Å². The molecule has 3 N–H and O–H groups in total. The van der Waals surface area contributed by atoms with Gasteiger partial charge in [0, 0.05) is 38.3 Å². The molecule has 10 nitrogen and oxygen atoms in total. The minimum absolute atomic E-state index is 0.0874. The van der Waals surface area contributed by atoms with Crippen molar-refractivity contribution in [2.45, 2.75) is 70.8 Å².